The van der Waals surface area contributed by atoms with Gasteiger partial charge in [-0.05, 0) is 25.7 Å². The van der Waals surface area contributed by atoms with E-state index in [1.807, 2.05) is 11.8 Å². The average molecular weight is 226 g/mol. The molecule has 0 spiro atoms. The summed E-state index contributed by atoms with van der Waals surface area (Å²) in [7, 11) is 0. The molecule has 0 aliphatic carbocycles. The first-order valence-electron chi connectivity index (χ1n) is 6.53. The molecule has 94 valence electrons. The lowest BCUT2D eigenvalue weighted by Gasteiger charge is -2.25. The summed E-state index contributed by atoms with van der Waals surface area (Å²) in [5, 5.41) is 3.50. The van der Waals surface area contributed by atoms with Crippen LogP contribution in [0, 0.1) is 5.92 Å². The van der Waals surface area contributed by atoms with Crippen molar-refractivity contribution in [3.63, 3.8) is 0 Å². The summed E-state index contributed by atoms with van der Waals surface area (Å²) in [5.41, 5.74) is -0.339. The van der Waals surface area contributed by atoms with E-state index in [-0.39, 0.29) is 17.6 Å². The van der Waals surface area contributed by atoms with Crippen molar-refractivity contribution in [2.75, 3.05) is 6.54 Å². The van der Waals surface area contributed by atoms with E-state index in [4.69, 9.17) is 0 Å². The molecule has 2 atom stereocenters. The number of carbonyl (C=O) groups excluding carboxylic acids is 1. The smallest absolute Gasteiger partial charge is 0.243 e. The Morgan fingerprint density at radius 3 is 2.50 bits per heavy atom. The molecule has 3 heteroatoms. The number of hydrogen-bond acceptors (Lipinski definition) is 2. The molecule has 0 bridgehead atoms. The normalized spacial score (nSPS) is 30.5. The number of amides is 1. The zero-order valence-electron chi connectivity index (χ0n) is 11.3. The highest BCUT2D eigenvalue weighted by molar-refractivity contribution is 5.88. The van der Waals surface area contributed by atoms with Crippen LogP contribution in [0.25, 0.3) is 0 Å². The van der Waals surface area contributed by atoms with Gasteiger partial charge in [-0.3, -0.25) is 10.1 Å². The highest BCUT2D eigenvalue weighted by Crippen LogP contribution is 2.26. The van der Waals surface area contributed by atoms with Crippen LogP contribution in [0.2, 0.25) is 0 Å². The largest absolute Gasteiger partial charge is 0.325 e. The van der Waals surface area contributed by atoms with Gasteiger partial charge in [0.15, 0.2) is 0 Å². The van der Waals surface area contributed by atoms with Gasteiger partial charge in [-0.25, -0.2) is 0 Å². The van der Waals surface area contributed by atoms with E-state index in [1.165, 1.54) is 0 Å². The Morgan fingerprint density at radius 1 is 1.44 bits per heavy atom. The summed E-state index contributed by atoms with van der Waals surface area (Å²) in [6, 6.07) is 0. The highest BCUT2D eigenvalue weighted by Gasteiger charge is 2.45. The molecule has 0 aromatic heterocycles. The molecule has 1 aliphatic heterocycles. The Morgan fingerprint density at radius 2 is 2.06 bits per heavy atom. The molecule has 2 unspecified atom stereocenters. The second-order valence-electron chi connectivity index (χ2n) is 5.49. The molecule has 1 fully saturated rings. The number of nitrogens with one attached hydrogen (secondary N) is 1. The summed E-state index contributed by atoms with van der Waals surface area (Å²) >= 11 is 0. The van der Waals surface area contributed by atoms with Crippen molar-refractivity contribution in [1.82, 2.24) is 10.2 Å². The number of rotatable bonds is 5. The van der Waals surface area contributed by atoms with Gasteiger partial charge in [-0.15, -0.1) is 0 Å². The minimum absolute atomic E-state index is 0.241. The van der Waals surface area contributed by atoms with Crippen molar-refractivity contribution in [3.8, 4) is 0 Å². The standard InChI is InChI=1S/C13H26N2O/c1-6-8-11-14-13(5,7-2)12(16)15(11)9-10(3)4/h10-11,14H,6-9H2,1-5H3. The van der Waals surface area contributed by atoms with Crippen LogP contribution in [0.5, 0.6) is 0 Å². The molecule has 3 nitrogen and oxygen atoms in total. The molecule has 1 aliphatic rings. The Balaban J connectivity index is 2.80. The summed E-state index contributed by atoms with van der Waals surface area (Å²) in [6.45, 7) is 11.5. The summed E-state index contributed by atoms with van der Waals surface area (Å²) in [4.78, 5) is 14.4. The van der Waals surface area contributed by atoms with Crippen LogP contribution in [0.1, 0.15) is 53.9 Å². The quantitative estimate of drug-likeness (QED) is 0.780. The fraction of sp³-hybridized carbons (Fsp3) is 0.923. The molecule has 0 aromatic rings. The molecule has 0 aromatic carbocycles. The molecular formula is C13H26N2O. The van der Waals surface area contributed by atoms with Crippen molar-refractivity contribution < 1.29 is 4.79 Å². The van der Waals surface area contributed by atoms with E-state index < -0.39 is 0 Å². The van der Waals surface area contributed by atoms with Crippen LogP contribution in [-0.2, 0) is 4.79 Å². The molecule has 0 radical (unpaired) electrons. The number of hydrogen-bond donors (Lipinski definition) is 1. The lowest BCUT2D eigenvalue weighted by molar-refractivity contribution is -0.133. The zero-order chi connectivity index (χ0) is 12.3. The molecule has 0 saturated carbocycles. The van der Waals surface area contributed by atoms with Crippen molar-refractivity contribution >= 4 is 5.91 Å². The fourth-order valence-electron chi connectivity index (χ4n) is 2.32. The Hall–Kier alpha value is -0.570. The fourth-order valence-corrected chi connectivity index (χ4v) is 2.32. The maximum absolute atomic E-state index is 12.3. The maximum atomic E-state index is 12.3. The van der Waals surface area contributed by atoms with E-state index in [0.717, 1.165) is 25.8 Å². The SMILES string of the molecule is CCCC1NC(C)(CC)C(=O)N1CC(C)C. The predicted octanol–water partition coefficient (Wildman–Crippen LogP) is 2.37. The summed E-state index contributed by atoms with van der Waals surface area (Å²) < 4.78 is 0. The highest BCUT2D eigenvalue weighted by atomic mass is 16.2. The molecule has 1 heterocycles. The Bertz CT molecular complexity index is 252. The van der Waals surface area contributed by atoms with Gasteiger partial charge in [0.2, 0.25) is 5.91 Å². The first kappa shape index (κ1) is 13.5. The number of nitrogens with zero attached hydrogens (tertiary/aromatic N) is 1. The maximum Gasteiger partial charge on any atom is 0.243 e. The van der Waals surface area contributed by atoms with Crippen molar-refractivity contribution in [2.24, 2.45) is 5.92 Å². The molecular weight excluding hydrogens is 200 g/mol. The van der Waals surface area contributed by atoms with E-state index in [2.05, 4.69) is 33.0 Å². The van der Waals surface area contributed by atoms with Gasteiger partial charge in [0.05, 0.1) is 11.7 Å². The number of carbonyl (C=O) groups is 1. The Labute approximate surface area is 99.6 Å². The van der Waals surface area contributed by atoms with Crippen molar-refractivity contribution in [1.29, 1.82) is 0 Å². The molecule has 1 amide bonds. The topological polar surface area (TPSA) is 32.3 Å². The van der Waals surface area contributed by atoms with Crippen LogP contribution >= 0.6 is 0 Å². The molecule has 1 rings (SSSR count). The lowest BCUT2D eigenvalue weighted by atomic mass is 9.99. The first-order valence-corrected chi connectivity index (χ1v) is 6.53. The van der Waals surface area contributed by atoms with Crippen LogP contribution in [-0.4, -0.2) is 29.1 Å². The van der Waals surface area contributed by atoms with Gasteiger partial charge in [0, 0.05) is 6.54 Å². The molecule has 16 heavy (non-hydrogen) atoms. The van der Waals surface area contributed by atoms with E-state index in [9.17, 15) is 4.79 Å². The lowest BCUT2D eigenvalue weighted by Crippen LogP contribution is -2.43. The van der Waals surface area contributed by atoms with Gasteiger partial charge >= 0.3 is 0 Å². The second-order valence-corrected chi connectivity index (χ2v) is 5.49. The summed E-state index contributed by atoms with van der Waals surface area (Å²) in [6.07, 6.45) is 3.26. The monoisotopic (exact) mass is 226 g/mol. The third-order valence-corrected chi connectivity index (χ3v) is 3.43. The predicted molar refractivity (Wildman–Crippen MR) is 67.1 cm³/mol. The first-order chi connectivity index (χ1) is 7.44. The van der Waals surface area contributed by atoms with Gasteiger partial charge in [-0.2, -0.15) is 0 Å². The van der Waals surface area contributed by atoms with E-state index in [1.54, 1.807) is 0 Å². The zero-order valence-corrected chi connectivity index (χ0v) is 11.3. The van der Waals surface area contributed by atoms with Gasteiger partial charge < -0.3 is 4.90 Å². The average Bonchev–Trinajstić information content (AvgIpc) is 2.44. The van der Waals surface area contributed by atoms with Crippen molar-refractivity contribution in [3.05, 3.63) is 0 Å². The Kier molecular flexibility index (Phi) is 4.36. The van der Waals surface area contributed by atoms with Crippen LogP contribution in [0.15, 0.2) is 0 Å². The third kappa shape index (κ3) is 2.57. The van der Waals surface area contributed by atoms with Gasteiger partial charge in [-0.1, -0.05) is 34.1 Å². The van der Waals surface area contributed by atoms with E-state index in [0.29, 0.717) is 5.92 Å². The summed E-state index contributed by atoms with van der Waals surface area (Å²) in [5.74, 6) is 0.812. The molecule has 1 N–H and O–H groups in total. The third-order valence-electron chi connectivity index (χ3n) is 3.43. The van der Waals surface area contributed by atoms with Gasteiger partial charge in [0.25, 0.3) is 0 Å². The minimum atomic E-state index is -0.339. The minimum Gasteiger partial charge on any atom is -0.325 e. The van der Waals surface area contributed by atoms with Crippen LogP contribution in [0.3, 0.4) is 0 Å². The van der Waals surface area contributed by atoms with Crippen LogP contribution < -0.4 is 5.32 Å². The van der Waals surface area contributed by atoms with E-state index >= 15 is 0 Å². The van der Waals surface area contributed by atoms with Crippen LogP contribution in [0.4, 0.5) is 0 Å². The second kappa shape index (κ2) is 5.17. The van der Waals surface area contributed by atoms with Gasteiger partial charge in [0.1, 0.15) is 0 Å². The van der Waals surface area contributed by atoms with Crippen molar-refractivity contribution in [2.45, 2.75) is 65.6 Å². The molecule has 1 saturated heterocycles.